The number of benzene rings is 1. The van der Waals surface area contributed by atoms with Crippen LogP contribution in [0.15, 0.2) is 69.4 Å². The lowest BCUT2D eigenvalue weighted by molar-refractivity contribution is -0.146. The smallest absolute Gasteiger partial charge is 0.315 e. The largest absolute Gasteiger partial charge is 0.469 e. The molecule has 0 spiro atoms. The molecule has 0 N–H and O–H groups in total. The van der Waals surface area contributed by atoms with Gasteiger partial charge in [-0.15, -0.1) is 0 Å². The van der Waals surface area contributed by atoms with E-state index in [0.717, 1.165) is 24.1 Å². The highest BCUT2D eigenvalue weighted by Gasteiger charge is 2.46. The summed E-state index contributed by atoms with van der Waals surface area (Å²) in [5.74, 6) is -0.709. The molecule has 30 heavy (non-hydrogen) atoms. The minimum absolute atomic E-state index is 0.0362. The fourth-order valence-electron chi connectivity index (χ4n) is 4.51. The van der Waals surface area contributed by atoms with Crippen molar-refractivity contribution < 1.29 is 18.7 Å². The Morgan fingerprint density at radius 2 is 1.97 bits per heavy atom. The molecule has 2 aromatic rings. The van der Waals surface area contributed by atoms with Gasteiger partial charge < -0.3 is 9.15 Å². The average molecular weight is 405 g/mol. The second-order valence-electron chi connectivity index (χ2n) is 8.04. The van der Waals surface area contributed by atoms with Gasteiger partial charge in [-0.25, -0.2) is 0 Å². The molecule has 3 atom stereocenters. The molecule has 0 bridgehead atoms. The van der Waals surface area contributed by atoms with E-state index < -0.39 is 11.8 Å². The second kappa shape index (κ2) is 8.82. The number of furan rings is 1. The number of ketones is 1. The fraction of sp³-hybridized carbons (Fsp3) is 0.400. The van der Waals surface area contributed by atoms with Crippen molar-refractivity contribution in [1.29, 1.82) is 0 Å². The first-order valence-electron chi connectivity index (χ1n) is 10.7. The van der Waals surface area contributed by atoms with Crippen LogP contribution in [0.25, 0.3) is 0 Å². The van der Waals surface area contributed by atoms with Gasteiger partial charge in [-0.3, -0.25) is 14.6 Å². The van der Waals surface area contributed by atoms with Crippen LogP contribution in [0, 0.1) is 5.92 Å². The molecule has 5 nitrogen and oxygen atoms in total. The van der Waals surface area contributed by atoms with Gasteiger partial charge in [0.2, 0.25) is 0 Å². The number of Topliss-reactive ketones (excluding diaryl/α,β-unsaturated/α-hetero) is 1. The third-order valence-corrected chi connectivity index (χ3v) is 6.01. The number of carbonyl (C=O) groups is 2. The Morgan fingerprint density at radius 3 is 2.67 bits per heavy atom. The van der Waals surface area contributed by atoms with Gasteiger partial charge in [-0.2, -0.15) is 0 Å². The summed E-state index contributed by atoms with van der Waals surface area (Å²) >= 11 is 0. The maximum absolute atomic E-state index is 13.3. The van der Waals surface area contributed by atoms with E-state index >= 15 is 0 Å². The minimum atomic E-state index is -0.635. The van der Waals surface area contributed by atoms with E-state index in [0.29, 0.717) is 36.5 Å². The predicted octanol–water partition coefficient (Wildman–Crippen LogP) is 5.20. The number of rotatable bonds is 6. The molecular weight excluding hydrogens is 378 g/mol. The summed E-state index contributed by atoms with van der Waals surface area (Å²) in [4.78, 5) is 31.1. The van der Waals surface area contributed by atoms with E-state index in [-0.39, 0.29) is 17.7 Å². The third-order valence-electron chi connectivity index (χ3n) is 6.01. The molecular formula is C25H27NO4. The van der Waals surface area contributed by atoms with Crippen molar-refractivity contribution in [2.75, 3.05) is 6.61 Å². The quantitative estimate of drug-likeness (QED) is 0.489. The summed E-state index contributed by atoms with van der Waals surface area (Å²) < 4.78 is 11.2. The van der Waals surface area contributed by atoms with E-state index in [1.807, 2.05) is 38.1 Å². The minimum Gasteiger partial charge on any atom is -0.469 e. The number of esters is 1. The van der Waals surface area contributed by atoms with Crippen molar-refractivity contribution in [2.45, 2.75) is 51.4 Å². The van der Waals surface area contributed by atoms with Crippen molar-refractivity contribution in [3.63, 3.8) is 0 Å². The van der Waals surface area contributed by atoms with Crippen molar-refractivity contribution in [3.8, 4) is 0 Å². The second-order valence-corrected chi connectivity index (χ2v) is 8.04. The van der Waals surface area contributed by atoms with Gasteiger partial charge >= 0.3 is 5.97 Å². The van der Waals surface area contributed by atoms with Gasteiger partial charge in [-0.1, -0.05) is 43.7 Å². The van der Waals surface area contributed by atoms with Gasteiger partial charge in [0.25, 0.3) is 0 Å². The summed E-state index contributed by atoms with van der Waals surface area (Å²) in [6.07, 6.45) is 4.42. The highest BCUT2D eigenvalue weighted by atomic mass is 16.5. The molecule has 0 saturated carbocycles. The maximum atomic E-state index is 13.3. The Hall–Kier alpha value is -2.95. The first kappa shape index (κ1) is 20.3. The predicted molar refractivity (Wildman–Crippen MR) is 114 cm³/mol. The average Bonchev–Trinajstić information content (AvgIpc) is 3.28. The van der Waals surface area contributed by atoms with E-state index in [1.165, 1.54) is 0 Å². The molecule has 156 valence electrons. The molecule has 0 fully saturated rings. The third kappa shape index (κ3) is 3.89. The van der Waals surface area contributed by atoms with Crippen LogP contribution in [0.3, 0.4) is 0 Å². The molecule has 1 unspecified atom stereocenters. The highest BCUT2D eigenvalue weighted by Crippen LogP contribution is 2.46. The zero-order valence-corrected chi connectivity index (χ0v) is 17.5. The molecule has 1 aliphatic heterocycles. The molecule has 2 aliphatic rings. The Bertz CT molecular complexity index is 972. The van der Waals surface area contributed by atoms with Crippen LogP contribution >= 0.6 is 0 Å². The van der Waals surface area contributed by atoms with Crippen molar-refractivity contribution in [2.24, 2.45) is 10.9 Å². The van der Waals surface area contributed by atoms with Crippen molar-refractivity contribution in [3.05, 3.63) is 71.3 Å². The lowest BCUT2D eigenvalue weighted by Gasteiger charge is -2.35. The summed E-state index contributed by atoms with van der Waals surface area (Å²) in [5.41, 5.74) is 3.20. The molecule has 0 amide bonds. The standard InChI is InChI=1S/C25H27NO4/c1-3-4-12-30-25(28)22-16(2)26-19-14-18(17-9-6-5-7-10-17)15-20(27)23(19)24(22)21-11-8-13-29-21/h5-11,13,18,22,24H,3-4,12,14-15H2,1-2H3/t18-,22?,24+/m0/s1. The summed E-state index contributed by atoms with van der Waals surface area (Å²) in [7, 11) is 0. The van der Waals surface area contributed by atoms with Crippen LogP contribution in [0.5, 0.6) is 0 Å². The van der Waals surface area contributed by atoms with E-state index in [1.54, 1.807) is 12.3 Å². The first-order chi connectivity index (χ1) is 14.6. The number of unbranched alkanes of at least 4 members (excludes halogenated alkanes) is 1. The zero-order valence-electron chi connectivity index (χ0n) is 17.5. The lowest BCUT2D eigenvalue weighted by Crippen LogP contribution is -2.38. The molecule has 0 saturated heterocycles. The Balaban J connectivity index is 1.70. The number of nitrogens with zero attached hydrogens (tertiary/aromatic N) is 1. The molecule has 2 heterocycles. The fourth-order valence-corrected chi connectivity index (χ4v) is 4.51. The van der Waals surface area contributed by atoms with E-state index in [4.69, 9.17) is 14.1 Å². The molecule has 1 aromatic carbocycles. The van der Waals surface area contributed by atoms with Crippen LogP contribution in [-0.4, -0.2) is 24.1 Å². The van der Waals surface area contributed by atoms with E-state index in [9.17, 15) is 9.59 Å². The van der Waals surface area contributed by atoms with Crippen LogP contribution in [0.1, 0.15) is 62.7 Å². The number of carbonyl (C=O) groups excluding carboxylic acids is 2. The number of aliphatic imine (C=N–C) groups is 1. The van der Waals surface area contributed by atoms with Crippen LogP contribution in [0.2, 0.25) is 0 Å². The van der Waals surface area contributed by atoms with Crippen LogP contribution in [0.4, 0.5) is 0 Å². The summed E-state index contributed by atoms with van der Waals surface area (Å²) in [6, 6.07) is 13.7. The maximum Gasteiger partial charge on any atom is 0.315 e. The molecule has 4 rings (SSSR count). The van der Waals surface area contributed by atoms with Crippen molar-refractivity contribution >= 4 is 17.5 Å². The highest BCUT2D eigenvalue weighted by molar-refractivity contribution is 6.09. The van der Waals surface area contributed by atoms with Gasteiger partial charge in [-0.05, 0) is 43.4 Å². The van der Waals surface area contributed by atoms with E-state index in [2.05, 4.69) is 12.1 Å². The van der Waals surface area contributed by atoms with Crippen LogP contribution in [-0.2, 0) is 14.3 Å². The number of ether oxygens (including phenoxy) is 1. The molecule has 1 aromatic heterocycles. The molecule has 5 heteroatoms. The SMILES string of the molecule is CCCCOC(=O)C1C(C)=NC2=C(C(=O)C[C@@H](c3ccccc3)C2)[C@@H]1c1ccco1. The van der Waals surface area contributed by atoms with Gasteiger partial charge in [0.05, 0.1) is 18.8 Å². The Labute approximate surface area is 176 Å². The zero-order chi connectivity index (χ0) is 21.1. The van der Waals surface area contributed by atoms with Gasteiger partial charge in [0, 0.05) is 23.4 Å². The molecule has 0 radical (unpaired) electrons. The van der Waals surface area contributed by atoms with Crippen LogP contribution < -0.4 is 0 Å². The molecule has 1 aliphatic carbocycles. The van der Waals surface area contributed by atoms with Crippen molar-refractivity contribution in [1.82, 2.24) is 0 Å². The Kier molecular flexibility index (Phi) is 5.98. The monoisotopic (exact) mass is 405 g/mol. The summed E-state index contributed by atoms with van der Waals surface area (Å²) in [6.45, 7) is 4.27. The van der Waals surface area contributed by atoms with Gasteiger partial charge in [0.1, 0.15) is 11.7 Å². The normalized spacial score (nSPS) is 23.7. The van der Waals surface area contributed by atoms with Gasteiger partial charge in [0.15, 0.2) is 5.78 Å². The summed E-state index contributed by atoms with van der Waals surface area (Å²) in [5, 5.41) is 0. The number of allylic oxidation sites excluding steroid dienone is 2. The number of hydrogen-bond donors (Lipinski definition) is 0. The topological polar surface area (TPSA) is 68.9 Å². The first-order valence-corrected chi connectivity index (χ1v) is 10.7. The Morgan fingerprint density at radius 1 is 1.17 bits per heavy atom. The number of hydrogen-bond acceptors (Lipinski definition) is 5. The lowest BCUT2D eigenvalue weighted by atomic mass is 9.71.